The van der Waals surface area contributed by atoms with E-state index in [1.54, 1.807) is 6.92 Å². The van der Waals surface area contributed by atoms with Gasteiger partial charge in [0.15, 0.2) is 11.5 Å². The largest absolute Gasteiger partial charge is 0.454 e. The first-order chi connectivity index (χ1) is 18.1. The van der Waals surface area contributed by atoms with E-state index in [0.29, 0.717) is 28.5 Å². The van der Waals surface area contributed by atoms with E-state index >= 15 is 0 Å². The smallest absolute Gasteiger partial charge is 0.256 e. The van der Waals surface area contributed by atoms with Crippen LogP contribution in [0.5, 0.6) is 11.5 Å². The highest BCUT2D eigenvalue weighted by Crippen LogP contribution is 2.37. The zero-order valence-corrected chi connectivity index (χ0v) is 23.5. The third-order valence-electron chi connectivity index (χ3n) is 5.94. The summed E-state index contributed by atoms with van der Waals surface area (Å²) in [5, 5.41) is 3.08. The van der Waals surface area contributed by atoms with E-state index in [1.165, 1.54) is 39.9 Å². The number of sulfonamides is 1. The van der Waals surface area contributed by atoms with Gasteiger partial charge in [0, 0.05) is 41.7 Å². The molecule has 0 bridgehead atoms. The molecule has 2 heterocycles. The number of hydrogen-bond donors (Lipinski definition) is 2. The van der Waals surface area contributed by atoms with E-state index < -0.39 is 21.8 Å². The Labute approximate surface area is 234 Å². The van der Waals surface area contributed by atoms with Crippen molar-refractivity contribution in [1.29, 1.82) is 0 Å². The van der Waals surface area contributed by atoms with Gasteiger partial charge < -0.3 is 20.5 Å². The summed E-state index contributed by atoms with van der Waals surface area (Å²) >= 11 is 12.7. The van der Waals surface area contributed by atoms with E-state index in [9.17, 15) is 18.0 Å². The molecule has 0 atom stereocenters. The minimum atomic E-state index is -3.82. The number of halogens is 2. The van der Waals surface area contributed by atoms with Crippen molar-refractivity contribution < 1.29 is 27.5 Å². The molecule has 3 N–H and O–H groups in total. The quantitative estimate of drug-likeness (QED) is 0.319. The van der Waals surface area contributed by atoms with Crippen molar-refractivity contribution in [2.75, 3.05) is 37.0 Å². The Bertz CT molecular complexity index is 1450. The SMILES string of the molecule is Cc1c(Cc2ccc3c(c2)OCO3)sc(NC(=O)c2ccc(S(=O)(=O)N(CCCl)CCCl)cc2)c1C(N)=O. The predicted molar refractivity (Wildman–Crippen MR) is 148 cm³/mol. The standard InChI is InChI=1S/C25H25Cl2N3O6S2/c1-15-21(13-16-2-7-19-20(12-16)36-14-35-19)37-25(22(15)23(28)31)29-24(32)17-3-5-18(6-4-17)38(33,34)30(10-8-26)11-9-27/h2-7,12H,8-11,13-14H2,1H3,(H2,28,31)(H,29,32). The van der Waals surface area contributed by atoms with Crippen LogP contribution in [0.1, 0.15) is 36.7 Å². The number of fused-ring (bicyclic) bond motifs is 1. The molecule has 0 spiro atoms. The Morgan fingerprint density at radius 1 is 1.05 bits per heavy atom. The lowest BCUT2D eigenvalue weighted by Gasteiger charge is -2.20. The Morgan fingerprint density at radius 3 is 2.34 bits per heavy atom. The van der Waals surface area contributed by atoms with Crippen LogP contribution in [0.15, 0.2) is 47.4 Å². The lowest BCUT2D eigenvalue weighted by atomic mass is 10.1. The zero-order valence-electron chi connectivity index (χ0n) is 20.3. The molecule has 0 unspecified atom stereocenters. The topological polar surface area (TPSA) is 128 Å². The predicted octanol–water partition coefficient (Wildman–Crippen LogP) is 4.20. The summed E-state index contributed by atoms with van der Waals surface area (Å²) in [6, 6.07) is 11.1. The van der Waals surface area contributed by atoms with E-state index in [2.05, 4.69) is 5.32 Å². The fourth-order valence-electron chi connectivity index (χ4n) is 3.99. The molecule has 1 aromatic heterocycles. The normalized spacial score (nSPS) is 12.6. The molecule has 1 aliphatic heterocycles. The number of ether oxygens (including phenoxy) is 2. The minimum Gasteiger partial charge on any atom is -0.454 e. The zero-order chi connectivity index (χ0) is 27.4. The molecule has 2 aromatic carbocycles. The Hall–Kier alpha value is -2.83. The van der Waals surface area contributed by atoms with Gasteiger partial charge in [0.05, 0.1) is 10.5 Å². The number of benzene rings is 2. The molecule has 1 aliphatic rings. The van der Waals surface area contributed by atoms with Crippen LogP contribution in [-0.2, 0) is 16.4 Å². The summed E-state index contributed by atoms with van der Waals surface area (Å²) in [6.07, 6.45) is 0.497. The molecule has 0 aliphatic carbocycles. The Kier molecular flexibility index (Phi) is 8.84. The lowest BCUT2D eigenvalue weighted by Crippen LogP contribution is -2.34. The molecule has 202 valence electrons. The molecule has 38 heavy (non-hydrogen) atoms. The van der Waals surface area contributed by atoms with Crippen LogP contribution in [-0.4, -0.2) is 56.2 Å². The molecule has 2 amide bonds. The van der Waals surface area contributed by atoms with Crippen LogP contribution in [0, 0.1) is 6.92 Å². The van der Waals surface area contributed by atoms with Crippen molar-refractivity contribution in [1.82, 2.24) is 4.31 Å². The van der Waals surface area contributed by atoms with Gasteiger partial charge in [0.1, 0.15) is 5.00 Å². The highest BCUT2D eigenvalue weighted by atomic mass is 35.5. The number of anilines is 1. The Balaban J connectivity index is 1.54. The first-order valence-electron chi connectivity index (χ1n) is 11.5. The Morgan fingerprint density at radius 2 is 1.71 bits per heavy atom. The first kappa shape index (κ1) is 28.2. The maximum absolute atomic E-state index is 13.0. The second-order valence-corrected chi connectivity index (χ2v) is 12.1. The highest BCUT2D eigenvalue weighted by Gasteiger charge is 2.25. The molecule has 3 aromatic rings. The number of alkyl halides is 2. The average Bonchev–Trinajstić information content (AvgIpc) is 3.47. The minimum absolute atomic E-state index is 0.0140. The van der Waals surface area contributed by atoms with Crippen LogP contribution in [0.3, 0.4) is 0 Å². The fraction of sp³-hybridized carbons (Fsp3) is 0.280. The second kappa shape index (κ2) is 11.9. The number of nitrogens with one attached hydrogen (secondary N) is 1. The van der Waals surface area contributed by atoms with Gasteiger partial charge in [-0.3, -0.25) is 9.59 Å². The number of amides is 2. The van der Waals surface area contributed by atoms with E-state index in [4.69, 9.17) is 38.4 Å². The molecular weight excluding hydrogens is 573 g/mol. The number of nitrogens with zero attached hydrogens (tertiary/aromatic N) is 1. The average molecular weight is 599 g/mol. The maximum Gasteiger partial charge on any atom is 0.256 e. The van der Waals surface area contributed by atoms with Gasteiger partial charge in [-0.1, -0.05) is 6.07 Å². The van der Waals surface area contributed by atoms with E-state index in [1.807, 2.05) is 18.2 Å². The summed E-state index contributed by atoms with van der Waals surface area (Å²) in [5.74, 6) is 0.397. The van der Waals surface area contributed by atoms with Gasteiger partial charge in [-0.15, -0.1) is 34.5 Å². The van der Waals surface area contributed by atoms with Crippen molar-refractivity contribution in [2.24, 2.45) is 5.73 Å². The molecule has 9 nitrogen and oxygen atoms in total. The molecule has 0 radical (unpaired) electrons. The third-order valence-corrected chi connectivity index (χ3v) is 9.40. The number of rotatable bonds is 11. The first-order valence-corrected chi connectivity index (χ1v) is 14.8. The number of hydrogen-bond acceptors (Lipinski definition) is 7. The molecule has 0 fully saturated rings. The van der Waals surface area contributed by atoms with Gasteiger partial charge >= 0.3 is 0 Å². The van der Waals surface area contributed by atoms with Crippen LogP contribution in [0.4, 0.5) is 5.00 Å². The number of thiophene rings is 1. The molecule has 4 rings (SSSR count). The number of carbonyl (C=O) groups is 2. The van der Waals surface area contributed by atoms with Crippen LogP contribution >= 0.6 is 34.5 Å². The fourth-order valence-corrected chi connectivity index (χ4v) is 7.28. The second-order valence-electron chi connectivity index (χ2n) is 8.34. The molecular formula is C25H25Cl2N3O6S2. The third kappa shape index (κ3) is 5.92. The number of carbonyl (C=O) groups excluding carboxylic acids is 2. The van der Waals surface area contributed by atoms with Gasteiger partial charge in [-0.25, -0.2) is 8.42 Å². The summed E-state index contributed by atoms with van der Waals surface area (Å²) < 4.78 is 37.8. The monoisotopic (exact) mass is 597 g/mol. The van der Waals surface area contributed by atoms with E-state index in [-0.39, 0.29) is 47.7 Å². The molecule has 0 saturated carbocycles. The molecule has 0 saturated heterocycles. The van der Waals surface area contributed by atoms with Gasteiger partial charge in [-0.2, -0.15) is 4.31 Å². The van der Waals surface area contributed by atoms with Crippen LogP contribution < -0.4 is 20.5 Å². The summed E-state index contributed by atoms with van der Waals surface area (Å²) in [5.41, 5.74) is 7.71. The van der Waals surface area contributed by atoms with Crippen LogP contribution in [0.2, 0.25) is 0 Å². The van der Waals surface area contributed by atoms with Gasteiger partial charge in [0.2, 0.25) is 16.8 Å². The van der Waals surface area contributed by atoms with Crippen molar-refractivity contribution in [3.8, 4) is 11.5 Å². The summed E-state index contributed by atoms with van der Waals surface area (Å²) in [6.45, 7) is 2.18. The molecule has 13 heteroatoms. The van der Waals surface area contributed by atoms with E-state index in [0.717, 1.165) is 10.4 Å². The summed E-state index contributed by atoms with van der Waals surface area (Å²) in [4.78, 5) is 26.1. The van der Waals surface area contributed by atoms with Crippen molar-refractivity contribution in [2.45, 2.75) is 18.2 Å². The number of primary amides is 1. The van der Waals surface area contributed by atoms with Crippen molar-refractivity contribution in [3.05, 3.63) is 69.6 Å². The van der Waals surface area contributed by atoms with Crippen molar-refractivity contribution >= 4 is 61.4 Å². The highest BCUT2D eigenvalue weighted by molar-refractivity contribution is 7.89. The van der Waals surface area contributed by atoms with Gasteiger partial charge in [0.25, 0.3) is 11.8 Å². The van der Waals surface area contributed by atoms with Crippen molar-refractivity contribution in [3.63, 3.8) is 0 Å². The summed E-state index contributed by atoms with van der Waals surface area (Å²) in [7, 11) is -3.82. The maximum atomic E-state index is 13.0. The number of nitrogens with two attached hydrogens (primary N) is 1. The lowest BCUT2D eigenvalue weighted by molar-refractivity contribution is 0.100. The van der Waals surface area contributed by atoms with Gasteiger partial charge in [-0.05, 0) is 54.4 Å². The van der Waals surface area contributed by atoms with Crippen LogP contribution in [0.25, 0.3) is 0 Å².